The third-order valence-corrected chi connectivity index (χ3v) is 5.38. The van der Waals surface area contributed by atoms with Crippen LogP contribution >= 0.6 is 0 Å². The minimum absolute atomic E-state index is 0.0592. The fraction of sp³-hybridized carbons (Fsp3) is 0.269. The van der Waals surface area contributed by atoms with E-state index in [-0.39, 0.29) is 5.91 Å². The number of nitrogens with zero attached hydrogens (tertiary/aromatic N) is 2. The first kappa shape index (κ1) is 21.4. The molecule has 0 spiro atoms. The van der Waals surface area contributed by atoms with Gasteiger partial charge in [-0.05, 0) is 62.2 Å². The molecule has 4 nitrogen and oxygen atoms in total. The van der Waals surface area contributed by atoms with Crippen molar-refractivity contribution in [1.82, 2.24) is 4.90 Å². The van der Waals surface area contributed by atoms with Gasteiger partial charge in [-0.2, -0.15) is 0 Å². The topological polar surface area (TPSA) is 32.8 Å². The molecule has 0 fully saturated rings. The highest BCUT2D eigenvalue weighted by atomic mass is 16.5. The van der Waals surface area contributed by atoms with Gasteiger partial charge in [-0.25, -0.2) is 0 Å². The fourth-order valence-electron chi connectivity index (χ4n) is 3.65. The van der Waals surface area contributed by atoms with Gasteiger partial charge in [0.25, 0.3) is 5.91 Å². The van der Waals surface area contributed by atoms with Crippen molar-refractivity contribution in [2.75, 3.05) is 25.1 Å². The van der Waals surface area contributed by atoms with Crippen LogP contribution in [0.15, 0.2) is 72.8 Å². The number of hydrogen-bond donors (Lipinski definition) is 0. The Hall–Kier alpha value is -3.27. The number of aryl methyl sites for hydroxylation is 1. The summed E-state index contributed by atoms with van der Waals surface area (Å²) >= 11 is 0. The quantitative estimate of drug-likeness (QED) is 0.476. The second-order valence-electron chi connectivity index (χ2n) is 7.22. The Labute approximate surface area is 179 Å². The van der Waals surface area contributed by atoms with Gasteiger partial charge in [0.15, 0.2) is 0 Å². The summed E-state index contributed by atoms with van der Waals surface area (Å²) in [6.07, 6.45) is 0. The maximum Gasteiger partial charge on any atom is 0.255 e. The van der Waals surface area contributed by atoms with E-state index in [1.165, 1.54) is 0 Å². The number of rotatable bonds is 8. The number of hydrogen-bond acceptors (Lipinski definition) is 3. The SMILES string of the molecule is CCN(CC)C(=O)c1ccccc1N(Cc1ccc(OC)cc1)c1ccccc1C. The zero-order chi connectivity index (χ0) is 21.5. The van der Waals surface area contributed by atoms with Gasteiger partial charge in [0.2, 0.25) is 0 Å². The average molecular weight is 403 g/mol. The van der Waals surface area contributed by atoms with E-state index in [9.17, 15) is 4.79 Å². The highest BCUT2D eigenvalue weighted by Crippen LogP contribution is 2.33. The number of anilines is 2. The lowest BCUT2D eigenvalue weighted by atomic mass is 10.1. The molecule has 0 N–H and O–H groups in total. The van der Waals surface area contributed by atoms with Gasteiger partial charge in [-0.1, -0.05) is 42.5 Å². The number of benzene rings is 3. The van der Waals surface area contributed by atoms with Gasteiger partial charge in [0.05, 0.1) is 18.4 Å². The molecule has 30 heavy (non-hydrogen) atoms. The van der Waals surface area contributed by atoms with Gasteiger partial charge in [-0.3, -0.25) is 4.79 Å². The molecule has 0 bridgehead atoms. The molecule has 3 aromatic carbocycles. The molecule has 0 aliphatic rings. The molecule has 156 valence electrons. The van der Waals surface area contributed by atoms with E-state index in [4.69, 9.17) is 4.74 Å². The predicted molar refractivity (Wildman–Crippen MR) is 124 cm³/mol. The summed E-state index contributed by atoms with van der Waals surface area (Å²) in [6, 6.07) is 24.3. The molecule has 0 aliphatic heterocycles. The molecule has 0 saturated carbocycles. The molecule has 0 heterocycles. The molecule has 4 heteroatoms. The second kappa shape index (κ2) is 9.97. The van der Waals surface area contributed by atoms with Crippen LogP contribution in [0.4, 0.5) is 11.4 Å². The second-order valence-corrected chi connectivity index (χ2v) is 7.22. The summed E-state index contributed by atoms with van der Waals surface area (Å²) in [6.45, 7) is 8.16. The van der Waals surface area contributed by atoms with Crippen LogP contribution in [0.5, 0.6) is 5.75 Å². The lowest BCUT2D eigenvalue weighted by Gasteiger charge is -2.30. The zero-order valence-corrected chi connectivity index (χ0v) is 18.3. The molecule has 0 unspecified atom stereocenters. The summed E-state index contributed by atoms with van der Waals surface area (Å²) in [7, 11) is 1.67. The third-order valence-electron chi connectivity index (χ3n) is 5.38. The number of amides is 1. The van der Waals surface area contributed by atoms with E-state index in [2.05, 4.69) is 36.1 Å². The molecule has 1 amide bonds. The van der Waals surface area contributed by atoms with Crippen molar-refractivity contribution < 1.29 is 9.53 Å². The molecular weight excluding hydrogens is 372 g/mol. The first-order chi connectivity index (χ1) is 14.6. The van der Waals surface area contributed by atoms with Gasteiger partial charge >= 0.3 is 0 Å². The molecule has 3 aromatic rings. The maximum absolute atomic E-state index is 13.3. The van der Waals surface area contributed by atoms with Gasteiger partial charge in [0.1, 0.15) is 5.75 Å². The minimum Gasteiger partial charge on any atom is -0.497 e. The molecule has 0 aliphatic carbocycles. The van der Waals surface area contributed by atoms with Crippen molar-refractivity contribution in [3.05, 3.63) is 89.5 Å². The lowest BCUT2D eigenvalue weighted by molar-refractivity contribution is 0.0773. The van der Waals surface area contributed by atoms with Crippen molar-refractivity contribution in [2.24, 2.45) is 0 Å². The summed E-state index contributed by atoms with van der Waals surface area (Å²) < 4.78 is 5.30. The van der Waals surface area contributed by atoms with Crippen molar-refractivity contribution in [3.8, 4) is 5.75 Å². The highest BCUT2D eigenvalue weighted by molar-refractivity contribution is 6.00. The fourth-order valence-corrected chi connectivity index (χ4v) is 3.65. The van der Waals surface area contributed by atoms with Crippen molar-refractivity contribution in [1.29, 1.82) is 0 Å². The highest BCUT2D eigenvalue weighted by Gasteiger charge is 2.21. The van der Waals surface area contributed by atoms with Crippen LogP contribution in [0.3, 0.4) is 0 Å². The Morgan fingerprint density at radius 2 is 1.43 bits per heavy atom. The normalized spacial score (nSPS) is 10.5. The first-order valence-electron chi connectivity index (χ1n) is 10.4. The average Bonchev–Trinajstić information content (AvgIpc) is 2.79. The van der Waals surface area contributed by atoms with E-state index in [1.54, 1.807) is 7.11 Å². The van der Waals surface area contributed by atoms with Gasteiger partial charge < -0.3 is 14.5 Å². The molecule has 0 atom stereocenters. The number of carbonyl (C=O) groups excluding carboxylic acids is 1. The summed E-state index contributed by atoms with van der Waals surface area (Å²) in [5.74, 6) is 0.891. The minimum atomic E-state index is 0.0592. The van der Waals surface area contributed by atoms with E-state index < -0.39 is 0 Å². The molecule has 0 radical (unpaired) electrons. The Bertz CT molecular complexity index is 978. The summed E-state index contributed by atoms with van der Waals surface area (Å²) in [4.78, 5) is 17.4. The van der Waals surface area contributed by atoms with Crippen LogP contribution in [-0.2, 0) is 6.54 Å². The number of ether oxygens (including phenoxy) is 1. The van der Waals surface area contributed by atoms with Crippen molar-refractivity contribution in [3.63, 3.8) is 0 Å². The van der Waals surface area contributed by atoms with Crippen LogP contribution in [0.25, 0.3) is 0 Å². The Balaban J connectivity index is 2.09. The lowest BCUT2D eigenvalue weighted by Crippen LogP contribution is -2.32. The van der Waals surface area contributed by atoms with Gasteiger partial charge in [-0.15, -0.1) is 0 Å². The van der Waals surface area contributed by atoms with Crippen molar-refractivity contribution >= 4 is 17.3 Å². The number of para-hydroxylation sites is 2. The number of methoxy groups -OCH3 is 1. The monoisotopic (exact) mass is 402 g/mol. The van der Waals surface area contributed by atoms with E-state index in [0.29, 0.717) is 19.6 Å². The smallest absolute Gasteiger partial charge is 0.255 e. The first-order valence-corrected chi connectivity index (χ1v) is 10.4. The largest absolute Gasteiger partial charge is 0.497 e. The Morgan fingerprint density at radius 1 is 0.833 bits per heavy atom. The summed E-state index contributed by atoms with van der Waals surface area (Å²) in [5.41, 5.74) is 5.03. The summed E-state index contributed by atoms with van der Waals surface area (Å²) in [5, 5.41) is 0. The Morgan fingerprint density at radius 3 is 2.03 bits per heavy atom. The molecular formula is C26H30N2O2. The number of carbonyl (C=O) groups is 1. The molecule has 3 rings (SSSR count). The standard InChI is InChI=1S/C26H30N2O2/c1-5-27(6-2)26(29)23-12-8-10-14-25(23)28(24-13-9-7-11-20(24)3)19-21-15-17-22(30-4)18-16-21/h7-18H,5-6,19H2,1-4H3. The van der Waals surface area contributed by atoms with Crippen molar-refractivity contribution in [2.45, 2.75) is 27.3 Å². The van der Waals surface area contributed by atoms with E-state index >= 15 is 0 Å². The molecule has 0 aromatic heterocycles. The van der Waals surface area contributed by atoms with Crippen LogP contribution in [0.2, 0.25) is 0 Å². The van der Waals surface area contributed by atoms with Crippen LogP contribution in [0.1, 0.15) is 35.3 Å². The van der Waals surface area contributed by atoms with E-state index in [0.717, 1.165) is 33.8 Å². The van der Waals surface area contributed by atoms with E-state index in [1.807, 2.05) is 67.3 Å². The van der Waals surface area contributed by atoms with Gasteiger partial charge in [0, 0.05) is 25.3 Å². The Kier molecular flexibility index (Phi) is 7.12. The van der Waals surface area contributed by atoms with Crippen LogP contribution in [-0.4, -0.2) is 31.0 Å². The molecule has 0 saturated heterocycles. The van der Waals surface area contributed by atoms with Crippen LogP contribution in [0, 0.1) is 6.92 Å². The predicted octanol–water partition coefficient (Wildman–Crippen LogP) is 5.82. The zero-order valence-electron chi connectivity index (χ0n) is 18.3. The third kappa shape index (κ3) is 4.65. The maximum atomic E-state index is 13.3. The van der Waals surface area contributed by atoms with Crippen LogP contribution < -0.4 is 9.64 Å².